The molecule has 3 N–H and O–H groups in total. The number of carbonyl (C=O) groups excluding carboxylic acids is 1. The molecule has 0 spiro atoms. The van der Waals surface area contributed by atoms with E-state index in [1.807, 2.05) is 20.8 Å². The molecule has 4 rings (SSSR count). The van der Waals surface area contributed by atoms with Gasteiger partial charge < -0.3 is 20.3 Å². The maximum absolute atomic E-state index is 12.0. The number of rotatable bonds is 9. The minimum Gasteiger partial charge on any atom is -0.459 e. The van der Waals surface area contributed by atoms with E-state index < -0.39 is 17.6 Å². The summed E-state index contributed by atoms with van der Waals surface area (Å²) < 4.78 is 10.8. The SMILES string of the molecule is CC(C)(C)OC(=O)[C@@H](N)CCc1nc(C2(CN[C@@H]3C[C@H]3c3ccccc3)CC2)no1. The van der Waals surface area contributed by atoms with Crippen LogP contribution in [-0.2, 0) is 21.4 Å². The van der Waals surface area contributed by atoms with Crippen LogP contribution in [0.4, 0.5) is 0 Å². The number of ether oxygens (including phenoxy) is 1. The highest BCUT2D eigenvalue weighted by Crippen LogP contribution is 2.48. The van der Waals surface area contributed by atoms with Crippen LogP contribution in [0.2, 0.25) is 0 Å². The van der Waals surface area contributed by atoms with E-state index >= 15 is 0 Å². The van der Waals surface area contributed by atoms with Gasteiger partial charge in [-0.15, -0.1) is 0 Å². The van der Waals surface area contributed by atoms with E-state index in [-0.39, 0.29) is 5.41 Å². The van der Waals surface area contributed by atoms with Crippen LogP contribution >= 0.6 is 0 Å². The minimum atomic E-state index is -0.694. The number of aryl methyl sites for hydroxylation is 1. The molecule has 2 aliphatic carbocycles. The first-order chi connectivity index (χ1) is 14.3. The maximum Gasteiger partial charge on any atom is 0.323 e. The molecule has 2 fully saturated rings. The summed E-state index contributed by atoms with van der Waals surface area (Å²) >= 11 is 0. The number of benzene rings is 1. The van der Waals surface area contributed by atoms with Crippen LogP contribution in [0.15, 0.2) is 34.9 Å². The predicted molar refractivity (Wildman–Crippen MR) is 113 cm³/mol. The maximum atomic E-state index is 12.0. The van der Waals surface area contributed by atoms with Crippen LogP contribution < -0.4 is 11.1 Å². The number of carbonyl (C=O) groups is 1. The fraction of sp³-hybridized carbons (Fsp3) is 0.609. The van der Waals surface area contributed by atoms with Gasteiger partial charge in [0.15, 0.2) is 5.82 Å². The van der Waals surface area contributed by atoms with Crippen molar-refractivity contribution in [3.63, 3.8) is 0 Å². The summed E-state index contributed by atoms with van der Waals surface area (Å²) in [6.07, 6.45) is 4.20. The molecular weight excluding hydrogens is 380 g/mol. The minimum absolute atomic E-state index is 0.0150. The second kappa shape index (κ2) is 8.12. The molecule has 2 aliphatic rings. The molecule has 7 nitrogen and oxygen atoms in total. The Balaban J connectivity index is 1.25. The van der Waals surface area contributed by atoms with Crippen LogP contribution in [0.5, 0.6) is 0 Å². The number of hydrogen-bond donors (Lipinski definition) is 2. The summed E-state index contributed by atoms with van der Waals surface area (Å²) in [5, 5.41) is 7.92. The van der Waals surface area contributed by atoms with Crippen molar-refractivity contribution in [2.75, 3.05) is 6.54 Å². The Kier molecular flexibility index (Phi) is 5.68. The lowest BCUT2D eigenvalue weighted by Crippen LogP contribution is -2.37. The molecule has 0 saturated heterocycles. The van der Waals surface area contributed by atoms with Gasteiger partial charge in [0, 0.05) is 30.3 Å². The van der Waals surface area contributed by atoms with Crippen molar-refractivity contribution in [3.05, 3.63) is 47.6 Å². The summed E-state index contributed by atoms with van der Waals surface area (Å²) in [4.78, 5) is 16.6. The third-order valence-corrected chi connectivity index (χ3v) is 5.90. The van der Waals surface area contributed by atoms with Crippen molar-refractivity contribution in [3.8, 4) is 0 Å². The summed E-state index contributed by atoms with van der Waals surface area (Å²) in [5.74, 6) is 1.51. The topological polar surface area (TPSA) is 103 Å². The van der Waals surface area contributed by atoms with Crippen LogP contribution in [0, 0.1) is 0 Å². The Hall–Kier alpha value is -2.25. The van der Waals surface area contributed by atoms with Gasteiger partial charge in [-0.3, -0.25) is 4.79 Å². The second-order valence-electron chi connectivity index (χ2n) is 9.71. The number of esters is 1. The molecule has 1 heterocycles. The number of nitrogens with two attached hydrogens (primary N) is 1. The van der Waals surface area contributed by atoms with Crippen LogP contribution in [0.25, 0.3) is 0 Å². The Morgan fingerprint density at radius 2 is 2.07 bits per heavy atom. The molecule has 0 bridgehead atoms. The molecule has 0 radical (unpaired) electrons. The first-order valence-electron chi connectivity index (χ1n) is 10.9. The number of hydrogen-bond acceptors (Lipinski definition) is 7. The van der Waals surface area contributed by atoms with Gasteiger partial charge in [0.25, 0.3) is 0 Å². The Bertz CT molecular complexity index is 870. The fourth-order valence-electron chi connectivity index (χ4n) is 3.79. The van der Waals surface area contributed by atoms with E-state index in [0.29, 0.717) is 30.7 Å². The summed E-state index contributed by atoms with van der Waals surface area (Å²) in [5.41, 5.74) is 6.80. The van der Waals surface area contributed by atoms with Crippen LogP contribution in [0.1, 0.15) is 69.7 Å². The molecule has 3 atom stereocenters. The van der Waals surface area contributed by atoms with Crippen molar-refractivity contribution < 1.29 is 14.1 Å². The Morgan fingerprint density at radius 3 is 2.73 bits per heavy atom. The van der Waals surface area contributed by atoms with Crippen LogP contribution in [-0.4, -0.2) is 40.3 Å². The summed E-state index contributed by atoms with van der Waals surface area (Å²) in [6.45, 7) is 6.36. The van der Waals surface area contributed by atoms with Gasteiger partial charge in [-0.2, -0.15) is 4.98 Å². The lowest BCUT2D eigenvalue weighted by Gasteiger charge is -2.21. The van der Waals surface area contributed by atoms with Crippen molar-refractivity contribution >= 4 is 5.97 Å². The van der Waals surface area contributed by atoms with Gasteiger partial charge in [-0.05, 0) is 52.0 Å². The fourth-order valence-corrected chi connectivity index (χ4v) is 3.79. The highest BCUT2D eigenvalue weighted by atomic mass is 16.6. The molecule has 30 heavy (non-hydrogen) atoms. The number of aromatic nitrogens is 2. The monoisotopic (exact) mass is 412 g/mol. The summed E-state index contributed by atoms with van der Waals surface area (Å²) in [7, 11) is 0. The third kappa shape index (κ3) is 5.08. The highest BCUT2D eigenvalue weighted by molar-refractivity contribution is 5.75. The zero-order valence-electron chi connectivity index (χ0n) is 18.1. The lowest BCUT2D eigenvalue weighted by atomic mass is 10.1. The molecule has 7 heteroatoms. The van der Waals surface area contributed by atoms with E-state index in [1.54, 1.807) is 0 Å². The van der Waals surface area contributed by atoms with E-state index in [0.717, 1.165) is 25.2 Å². The largest absolute Gasteiger partial charge is 0.459 e. The first kappa shape index (κ1) is 21.0. The molecule has 0 amide bonds. The highest BCUT2D eigenvalue weighted by Gasteiger charge is 2.50. The molecular formula is C23H32N4O3. The van der Waals surface area contributed by atoms with E-state index in [2.05, 4.69) is 45.8 Å². The van der Waals surface area contributed by atoms with Crippen molar-refractivity contribution in [1.29, 1.82) is 0 Å². The third-order valence-electron chi connectivity index (χ3n) is 5.90. The molecule has 0 aliphatic heterocycles. The van der Waals surface area contributed by atoms with Crippen molar-refractivity contribution in [2.45, 2.75) is 81.9 Å². The molecule has 1 aromatic heterocycles. The van der Waals surface area contributed by atoms with E-state index in [9.17, 15) is 4.79 Å². The Morgan fingerprint density at radius 1 is 1.33 bits per heavy atom. The molecule has 2 aromatic rings. The zero-order valence-corrected chi connectivity index (χ0v) is 18.1. The Labute approximate surface area is 177 Å². The average Bonchev–Trinajstić information content (AvgIpc) is 3.61. The smallest absolute Gasteiger partial charge is 0.323 e. The van der Waals surface area contributed by atoms with Gasteiger partial charge in [0.1, 0.15) is 11.6 Å². The lowest BCUT2D eigenvalue weighted by molar-refractivity contribution is -0.156. The summed E-state index contributed by atoms with van der Waals surface area (Å²) in [6, 6.07) is 10.5. The van der Waals surface area contributed by atoms with E-state index in [4.69, 9.17) is 15.0 Å². The van der Waals surface area contributed by atoms with Gasteiger partial charge in [-0.1, -0.05) is 35.5 Å². The normalized spacial score (nSPS) is 23.1. The average molecular weight is 413 g/mol. The predicted octanol–water partition coefficient (Wildman–Crippen LogP) is 2.85. The second-order valence-corrected chi connectivity index (χ2v) is 9.71. The number of nitrogens with one attached hydrogen (secondary N) is 1. The van der Waals surface area contributed by atoms with Gasteiger partial charge in [0.2, 0.25) is 5.89 Å². The van der Waals surface area contributed by atoms with Gasteiger partial charge in [-0.25, -0.2) is 0 Å². The molecule has 1 aromatic carbocycles. The van der Waals surface area contributed by atoms with Crippen molar-refractivity contribution in [2.24, 2.45) is 5.73 Å². The zero-order chi connectivity index (χ0) is 21.4. The van der Waals surface area contributed by atoms with Gasteiger partial charge >= 0.3 is 5.97 Å². The van der Waals surface area contributed by atoms with Gasteiger partial charge in [0.05, 0.1) is 0 Å². The molecule has 2 saturated carbocycles. The first-order valence-corrected chi connectivity index (χ1v) is 10.9. The van der Waals surface area contributed by atoms with Crippen molar-refractivity contribution in [1.82, 2.24) is 15.5 Å². The molecule has 0 unspecified atom stereocenters. The van der Waals surface area contributed by atoms with Crippen LogP contribution in [0.3, 0.4) is 0 Å². The molecule has 162 valence electrons. The quantitative estimate of drug-likeness (QED) is 0.610. The number of nitrogens with zero attached hydrogens (tertiary/aromatic N) is 2. The standard InChI is InChI=1S/C23H32N4O3/c1-22(2,3)29-20(28)17(24)9-10-19-26-21(27-30-19)23(11-12-23)14-25-18-13-16(18)15-7-5-4-6-8-15/h4-8,16-18,25H,9-14,24H2,1-3H3/t16-,17-,18+/m0/s1. The van der Waals surface area contributed by atoms with E-state index in [1.165, 1.54) is 12.0 Å².